The van der Waals surface area contributed by atoms with Gasteiger partial charge >= 0.3 is 0 Å². The third-order valence-electron chi connectivity index (χ3n) is 7.69. The fraction of sp³-hybridized carbons (Fsp3) is 0.514. The zero-order valence-corrected chi connectivity index (χ0v) is 29.7. The van der Waals surface area contributed by atoms with Gasteiger partial charge in [0.1, 0.15) is 0 Å². The first-order valence-electron chi connectivity index (χ1n) is 15.0. The average Bonchev–Trinajstić information content (AvgIpc) is 2.81. The maximum absolute atomic E-state index is 12.3. The summed E-state index contributed by atoms with van der Waals surface area (Å²) in [5.41, 5.74) is 5.87. The van der Waals surface area contributed by atoms with Crippen LogP contribution in [0.1, 0.15) is 91.8 Å². The molecule has 0 spiro atoms. The molecule has 0 atom stereocenters. The quantitative estimate of drug-likeness (QED) is 0.135. The van der Waals surface area contributed by atoms with Crippen LogP contribution in [0.25, 0.3) is 22.0 Å². The molecule has 0 aliphatic heterocycles. The van der Waals surface area contributed by atoms with Crippen molar-refractivity contribution in [3.05, 3.63) is 77.2 Å². The van der Waals surface area contributed by atoms with Crippen LogP contribution in [0.2, 0.25) is 0 Å². The van der Waals surface area contributed by atoms with Crippen LogP contribution in [0.4, 0.5) is 0 Å². The van der Waals surface area contributed by atoms with Gasteiger partial charge in [-0.2, -0.15) is 0 Å². The van der Waals surface area contributed by atoms with Gasteiger partial charge in [0.2, 0.25) is 0 Å². The SMILES string of the molecule is CC(C)C(C(=O)/C=C(\O)C(C(C)C)C(C)C)C(C)C.Cc1[c-]c(-c2nccc3cc(C(C)C)ccc23)cc(C)c1.[Ir]. The van der Waals surface area contributed by atoms with E-state index in [0.717, 1.165) is 16.8 Å². The minimum atomic E-state index is -0.0119. The molecule has 1 N–H and O–H groups in total. The summed E-state index contributed by atoms with van der Waals surface area (Å²) in [6, 6.07) is 16.5. The van der Waals surface area contributed by atoms with Gasteiger partial charge in [-0.1, -0.05) is 101 Å². The van der Waals surface area contributed by atoms with Gasteiger partial charge in [-0.3, -0.25) is 4.79 Å². The summed E-state index contributed by atoms with van der Waals surface area (Å²) in [4.78, 5) is 17.0. The van der Waals surface area contributed by atoms with E-state index in [1.54, 1.807) is 0 Å². The van der Waals surface area contributed by atoms with Crippen LogP contribution in [0, 0.1) is 55.4 Å². The molecule has 0 saturated carbocycles. The largest absolute Gasteiger partial charge is 0.512 e. The van der Waals surface area contributed by atoms with E-state index < -0.39 is 0 Å². The van der Waals surface area contributed by atoms with Crippen molar-refractivity contribution < 1.29 is 30.0 Å². The molecular formula is C37H52IrNO2-. The predicted molar refractivity (Wildman–Crippen MR) is 172 cm³/mol. The molecule has 2 aromatic carbocycles. The van der Waals surface area contributed by atoms with Crippen molar-refractivity contribution in [3.63, 3.8) is 0 Å². The Hall–Kier alpha value is -2.29. The van der Waals surface area contributed by atoms with Gasteiger partial charge < -0.3 is 10.1 Å². The van der Waals surface area contributed by atoms with Crippen molar-refractivity contribution in [2.75, 3.05) is 0 Å². The summed E-state index contributed by atoms with van der Waals surface area (Å²) < 4.78 is 0. The van der Waals surface area contributed by atoms with Gasteiger partial charge in [-0.25, -0.2) is 0 Å². The van der Waals surface area contributed by atoms with E-state index in [9.17, 15) is 9.90 Å². The molecule has 3 aromatic rings. The van der Waals surface area contributed by atoms with E-state index in [0.29, 0.717) is 29.6 Å². The molecule has 1 heterocycles. The number of fused-ring (bicyclic) bond motifs is 1. The molecule has 227 valence electrons. The molecule has 3 nitrogen and oxygen atoms in total. The first kappa shape index (κ1) is 36.7. The Morgan fingerprint density at radius 3 is 1.85 bits per heavy atom. The van der Waals surface area contributed by atoms with E-state index >= 15 is 0 Å². The molecule has 0 aliphatic carbocycles. The van der Waals surface area contributed by atoms with Crippen LogP contribution >= 0.6 is 0 Å². The summed E-state index contributed by atoms with van der Waals surface area (Å²) in [5, 5.41) is 12.7. The average molecular weight is 735 g/mol. The minimum absolute atomic E-state index is 0. The van der Waals surface area contributed by atoms with E-state index in [-0.39, 0.29) is 43.5 Å². The van der Waals surface area contributed by atoms with Gasteiger partial charge in [0.15, 0.2) is 5.78 Å². The Labute approximate surface area is 263 Å². The van der Waals surface area contributed by atoms with Crippen molar-refractivity contribution >= 4 is 16.6 Å². The van der Waals surface area contributed by atoms with Gasteiger partial charge in [-0.05, 0) is 57.7 Å². The van der Waals surface area contributed by atoms with Crippen LogP contribution < -0.4 is 0 Å². The molecular weight excluding hydrogens is 683 g/mol. The Morgan fingerprint density at radius 2 is 1.37 bits per heavy atom. The van der Waals surface area contributed by atoms with Gasteiger partial charge in [0.05, 0.1) is 5.76 Å². The van der Waals surface area contributed by atoms with Crippen LogP contribution in [0.5, 0.6) is 0 Å². The van der Waals surface area contributed by atoms with Crippen molar-refractivity contribution in [1.29, 1.82) is 0 Å². The number of hydrogen-bond donors (Lipinski definition) is 1. The smallest absolute Gasteiger partial charge is 0.162 e. The second-order valence-corrected chi connectivity index (χ2v) is 13.0. The Morgan fingerprint density at radius 1 is 0.805 bits per heavy atom. The number of aliphatic hydroxyl groups is 1. The van der Waals surface area contributed by atoms with Gasteiger partial charge in [-0.15, -0.1) is 34.9 Å². The number of hydrogen-bond acceptors (Lipinski definition) is 3. The third-order valence-corrected chi connectivity index (χ3v) is 7.69. The number of ketones is 1. The van der Waals surface area contributed by atoms with Crippen LogP contribution in [-0.4, -0.2) is 15.9 Å². The fourth-order valence-electron chi connectivity index (χ4n) is 6.01. The third kappa shape index (κ3) is 10.2. The molecule has 1 aromatic heterocycles. The van der Waals surface area contributed by atoms with Crippen LogP contribution in [-0.2, 0) is 24.9 Å². The summed E-state index contributed by atoms with van der Waals surface area (Å²) in [6.07, 6.45) is 3.38. The molecule has 4 heteroatoms. The number of aryl methyl sites for hydroxylation is 2. The van der Waals surface area contributed by atoms with E-state index in [4.69, 9.17) is 0 Å². The van der Waals surface area contributed by atoms with E-state index in [1.807, 2.05) is 6.20 Å². The number of benzene rings is 2. The van der Waals surface area contributed by atoms with Crippen molar-refractivity contribution in [1.82, 2.24) is 4.98 Å². The number of aromatic nitrogens is 1. The number of allylic oxidation sites excluding steroid dienone is 2. The maximum Gasteiger partial charge on any atom is 0.162 e. The van der Waals surface area contributed by atoms with Gasteiger partial charge in [0.25, 0.3) is 0 Å². The number of rotatable bonds is 9. The first-order chi connectivity index (χ1) is 18.6. The topological polar surface area (TPSA) is 50.2 Å². The molecule has 0 amide bonds. The number of carbonyl (C=O) groups is 1. The predicted octanol–water partition coefficient (Wildman–Crippen LogP) is 10.3. The van der Waals surface area contributed by atoms with E-state index in [2.05, 4.69) is 131 Å². The molecule has 0 fully saturated rings. The Bertz CT molecular complexity index is 1270. The number of carbonyl (C=O) groups excluding carboxylic acids is 1. The molecule has 1 radical (unpaired) electrons. The summed E-state index contributed by atoms with van der Waals surface area (Å²) >= 11 is 0. The van der Waals surface area contributed by atoms with E-state index in [1.165, 1.54) is 28.0 Å². The molecule has 0 saturated heterocycles. The minimum Gasteiger partial charge on any atom is -0.512 e. The van der Waals surface area contributed by atoms with Gasteiger partial charge in [0, 0.05) is 44.2 Å². The molecule has 0 bridgehead atoms. The van der Waals surface area contributed by atoms with Crippen molar-refractivity contribution in [2.24, 2.45) is 35.5 Å². The monoisotopic (exact) mass is 735 g/mol. The second kappa shape index (κ2) is 16.4. The molecule has 0 aliphatic rings. The van der Waals surface area contributed by atoms with Crippen molar-refractivity contribution in [2.45, 2.75) is 89.0 Å². The zero-order chi connectivity index (χ0) is 30.3. The molecule has 41 heavy (non-hydrogen) atoms. The fourth-order valence-corrected chi connectivity index (χ4v) is 6.01. The van der Waals surface area contributed by atoms with Crippen LogP contribution in [0.3, 0.4) is 0 Å². The van der Waals surface area contributed by atoms with Crippen molar-refractivity contribution in [3.8, 4) is 11.3 Å². The molecule has 0 unspecified atom stereocenters. The standard InChI is InChI=1S/C20H20N.C17H32O2.Ir/c1-13(2)16-5-6-19-17(12-16)7-8-21-20(19)18-10-14(3)9-15(4)11-18;1-10(2)16(11(3)4)14(18)9-15(19)17(12(5)6)13(7)8;/h5-10,12-13H,1-4H3;9-13,16-18H,1-8H3;/q-1;;/b;14-9-;. The Balaban J connectivity index is 0.000000403. The Kier molecular flexibility index (Phi) is 14.7. The summed E-state index contributed by atoms with van der Waals surface area (Å²) in [6.45, 7) is 25.2. The first-order valence-corrected chi connectivity index (χ1v) is 15.0. The van der Waals surface area contributed by atoms with Crippen LogP contribution in [0.15, 0.2) is 54.4 Å². The number of pyridine rings is 1. The second-order valence-electron chi connectivity index (χ2n) is 13.0. The molecule has 3 rings (SSSR count). The normalized spacial score (nSPS) is 12.1. The summed E-state index contributed by atoms with van der Waals surface area (Å²) in [7, 11) is 0. The zero-order valence-electron chi connectivity index (χ0n) is 27.3. The number of nitrogens with zero attached hydrogens (tertiary/aromatic N) is 1. The maximum atomic E-state index is 12.3. The number of aliphatic hydroxyl groups excluding tert-OH is 1. The summed E-state index contributed by atoms with van der Waals surface area (Å²) in [5.74, 6) is 2.17.